The molecule has 0 aromatic rings. The van der Waals surface area contributed by atoms with Crippen LogP contribution in [0.5, 0.6) is 0 Å². The summed E-state index contributed by atoms with van der Waals surface area (Å²) < 4.78 is 29.6. The summed E-state index contributed by atoms with van der Waals surface area (Å²) in [5.41, 5.74) is 0. The molecular weight excluding hydrogens is 183 g/mol. The van der Waals surface area contributed by atoms with E-state index in [-0.39, 0.29) is 6.79 Å². The second-order valence-electron chi connectivity index (χ2n) is 1.72. The van der Waals surface area contributed by atoms with Crippen LogP contribution in [-0.2, 0) is 22.9 Å². The van der Waals surface area contributed by atoms with Crippen molar-refractivity contribution in [2.24, 2.45) is 0 Å². The van der Waals surface area contributed by atoms with Crippen molar-refractivity contribution in [3.05, 3.63) is 12.7 Å². The summed E-state index contributed by atoms with van der Waals surface area (Å²) in [5, 5.41) is 0. The zero-order chi connectivity index (χ0) is 9.45. The molecule has 0 aromatic carbocycles. The van der Waals surface area contributed by atoms with Gasteiger partial charge in [-0.2, -0.15) is 0 Å². The Morgan fingerprint density at radius 1 is 1.42 bits per heavy atom. The summed E-state index contributed by atoms with van der Waals surface area (Å²) in [5.74, 6) is 0. The molecule has 0 rings (SSSR count). The van der Waals surface area contributed by atoms with Crippen LogP contribution in [0.25, 0.3) is 0 Å². The van der Waals surface area contributed by atoms with Crippen molar-refractivity contribution < 1.29 is 22.9 Å². The van der Waals surface area contributed by atoms with Gasteiger partial charge in [-0.1, -0.05) is 6.08 Å². The molecule has 0 N–H and O–H groups in total. The van der Waals surface area contributed by atoms with Gasteiger partial charge in [0.05, 0.1) is 6.61 Å². The summed E-state index contributed by atoms with van der Waals surface area (Å²) in [6.07, 6.45) is 1.55. The van der Waals surface area contributed by atoms with Crippen molar-refractivity contribution in [3.63, 3.8) is 0 Å². The maximum atomic E-state index is 11.1. The van der Waals surface area contributed by atoms with Crippen LogP contribution in [0, 0.1) is 0 Å². The average Bonchev–Trinajstić information content (AvgIpc) is 2.12. The second kappa shape index (κ2) is 6.34. The molecule has 12 heavy (non-hydrogen) atoms. The van der Waals surface area contributed by atoms with E-state index in [4.69, 9.17) is 4.74 Å². The number of phosphoric ester groups is 1. The molecule has 0 spiro atoms. The summed E-state index contributed by atoms with van der Waals surface area (Å²) in [4.78, 5) is 0. The van der Waals surface area contributed by atoms with E-state index < -0.39 is 7.82 Å². The monoisotopic (exact) mass is 196 g/mol. The fourth-order valence-electron chi connectivity index (χ4n) is 0.413. The SMILES string of the molecule is C=CCOCOP(=O)(OC)OC. The molecule has 0 heterocycles. The van der Waals surface area contributed by atoms with E-state index in [1.54, 1.807) is 6.08 Å². The van der Waals surface area contributed by atoms with Crippen molar-refractivity contribution in [2.45, 2.75) is 0 Å². The topological polar surface area (TPSA) is 54.0 Å². The highest BCUT2D eigenvalue weighted by Gasteiger charge is 2.22. The molecule has 0 atom stereocenters. The van der Waals surface area contributed by atoms with Gasteiger partial charge >= 0.3 is 7.82 Å². The van der Waals surface area contributed by atoms with Crippen LogP contribution in [0.1, 0.15) is 0 Å². The Labute approximate surface area is 71.9 Å². The van der Waals surface area contributed by atoms with E-state index in [0.29, 0.717) is 6.61 Å². The third-order valence-electron chi connectivity index (χ3n) is 0.977. The van der Waals surface area contributed by atoms with Crippen molar-refractivity contribution >= 4 is 7.82 Å². The lowest BCUT2D eigenvalue weighted by Gasteiger charge is -2.12. The fraction of sp³-hybridized carbons (Fsp3) is 0.667. The van der Waals surface area contributed by atoms with E-state index >= 15 is 0 Å². The molecule has 0 amide bonds. The minimum atomic E-state index is -3.38. The lowest BCUT2D eigenvalue weighted by molar-refractivity contribution is 0.00393. The average molecular weight is 196 g/mol. The van der Waals surface area contributed by atoms with Crippen LogP contribution in [0.2, 0.25) is 0 Å². The number of hydrogen-bond donors (Lipinski definition) is 0. The smallest absolute Gasteiger partial charge is 0.351 e. The molecular formula is C6H13O5P. The van der Waals surface area contributed by atoms with Gasteiger partial charge in [-0.05, 0) is 0 Å². The van der Waals surface area contributed by atoms with Crippen molar-refractivity contribution in [1.82, 2.24) is 0 Å². The number of rotatable bonds is 7. The molecule has 6 heteroatoms. The standard InChI is InChI=1S/C6H13O5P/c1-4-5-10-6-11-12(7,8-2)9-3/h4H,1,5-6H2,2-3H3. The van der Waals surface area contributed by atoms with E-state index in [0.717, 1.165) is 0 Å². The van der Waals surface area contributed by atoms with Gasteiger partial charge in [-0.3, -0.25) is 13.6 Å². The Kier molecular flexibility index (Phi) is 6.24. The number of hydrogen-bond acceptors (Lipinski definition) is 5. The third-order valence-corrected chi connectivity index (χ3v) is 2.29. The fourth-order valence-corrected chi connectivity index (χ4v) is 0.977. The summed E-state index contributed by atoms with van der Waals surface area (Å²) in [6.45, 7) is 3.60. The lowest BCUT2D eigenvalue weighted by atomic mass is 10.7. The molecule has 0 bridgehead atoms. The first-order chi connectivity index (χ1) is 5.68. The maximum absolute atomic E-state index is 11.1. The van der Waals surface area contributed by atoms with Crippen LogP contribution in [0.3, 0.4) is 0 Å². The molecule has 0 aliphatic rings. The molecule has 0 aliphatic carbocycles. The quantitative estimate of drug-likeness (QED) is 0.267. The minimum Gasteiger partial charge on any atom is -0.351 e. The highest BCUT2D eigenvalue weighted by molar-refractivity contribution is 7.48. The van der Waals surface area contributed by atoms with E-state index in [9.17, 15) is 4.57 Å². The highest BCUT2D eigenvalue weighted by Crippen LogP contribution is 2.47. The zero-order valence-electron chi connectivity index (χ0n) is 7.19. The molecule has 72 valence electrons. The molecule has 0 unspecified atom stereocenters. The molecule has 0 radical (unpaired) electrons. The Morgan fingerprint density at radius 2 is 2.00 bits per heavy atom. The first-order valence-electron chi connectivity index (χ1n) is 3.23. The normalized spacial score (nSPS) is 11.5. The van der Waals surface area contributed by atoms with Crippen LogP contribution in [0.4, 0.5) is 0 Å². The van der Waals surface area contributed by atoms with Crippen molar-refractivity contribution in [3.8, 4) is 0 Å². The molecule has 0 aliphatic heterocycles. The summed E-state index contributed by atoms with van der Waals surface area (Å²) in [7, 11) is -0.913. The Bertz CT molecular complexity index is 161. The van der Waals surface area contributed by atoms with Gasteiger partial charge in [0.25, 0.3) is 0 Å². The lowest BCUT2D eigenvalue weighted by Crippen LogP contribution is -2.00. The Balaban J connectivity index is 3.59. The van der Waals surface area contributed by atoms with Crippen LogP contribution >= 0.6 is 7.82 Å². The van der Waals surface area contributed by atoms with E-state index in [2.05, 4.69) is 20.2 Å². The van der Waals surface area contributed by atoms with Crippen molar-refractivity contribution in [2.75, 3.05) is 27.6 Å². The molecule has 0 saturated carbocycles. The molecule has 5 nitrogen and oxygen atoms in total. The second-order valence-corrected chi connectivity index (χ2v) is 3.60. The third kappa shape index (κ3) is 4.64. The van der Waals surface area contributed by atoms with Gasteiger partial charge in [0.2, 0.25) is 0 Å². The van der Waals surface area contributed by atoms with Gasteiger partial charge < -0.3 is 4.74 Å². The van der Waals surface area contributed by atoms with Gasteiger partial charge in [0.1, 0.15) is 0 Å². The maximum Gasteiger partial charge on any atom is 0.476 e. The van der Waals surface area contributed by atoms with E-state index in [1.165, 1.54) is 14.2 Å². The first kappa shape index (κ1) is 11.8. The number of ether oxygens (including phenoxy) is 1. The number of phosphoric acid groups is 1. The van der Waals surface area contributed by atoms with Gasteiger partial charge in [0, 0.05) is 14.2 Å². The van der Waals surface area contributed by atoms with Crippen LogP contribution in [-0.4, -0.2) is 27.6 Å². The largest absolute Gasteiger partial charge is 0.476 e. The minimum absolute atomic E-state index is 0.148. The van der Waals surface area contributed by atoms with Gasteiger partial charge in [-0.15, -0.1) is 6.58 Å². The summed E-state index contributed by atoms with van der Waals surface area (Å²) >= 11 is 0. The van der Waals surface area contributed by atoms with E-state index in [1.807, 2.05) is 0 Å². The van der Waals surface area contributed by atoms with Gasteiger partial charge in [-0.25, -0.2) is 4.57 Å². The Morgan fingerprint density at radius 3 is 2.42 bits per heavy atom. The summed E-state index contributed by atoms with van der Waals surface area (Å²) in [6, 6.07) is 0. The molecule has 0 fully saturated rings. The van der Waals surface area contributed by atoms with Crippen molar-refractivity contribution in [1.29, 1.82) is 0 Å². The predicted molar refractivity (Wildman–Crippen MR) is 43.7 cm³/mol. The predicted octanol–water partition coefficient (Wildman–Crippen LogP) is 1.56. The van der Waals surface area contributed by atoms with Crippen LogP contribution in [0.15, 0.2) is 12.7 Å². The Hall–Kier alpha value is -0.190. The van der Waals surface area contributed by atoms with Crippen LogP contribution < -0.4 is 0 Å². The zero-order valence-corrected chi connectivity index (χ0v) is 8.08. The van der Waals surface area contributed by atoms with Gasteiger partial charge in [0.15, 0.2) is 6.79 Å². The highest BCUT2D eigenvalue weighted by atomic mass is 31.2. The molecule has 0 aromatic heterocycles. The molecule has 0 saturated heterocycles. The first-order valence-corrected chi connectivity index (χ1v) is 4.69.